The predicted octanol–water partition coefficient (Wildman–Crippen LogP) is 3.99. The molecule has 4 nitrogen and oxygen atoms in total. The van der Waals surface area contributed by atoms with Crippen LogP contribution in [0.15, 0.2) is 0 Å². The van der Waals surface area contributed by atoms with Crippen molar-refractivity contribution in [2.45, 2.75) is 71.6 Å². The molecule has 1 amide bonds. The molecule has 0 unspecified atom stereocenters. The zero-order chi connectivity index (χ0) is 14.1. The van der Waals surface area contributed by atoms with Gasteiger partial charge in [-0.1, -0.05) is 52.4 Å². The van der Waals surface area contributed by atoms with Crippen molar-refractivity contribution in [2.24, 2.45) is 0 Å². The van der Waals surface area contributed by atoms with Gasteiger partial charge in [0, 0.05) is 13.0 Å². The molecule has 0 bridgehead atoms. The van der Waals surface area contributed by atoms with Crippen LogP contribution in [0.5, 0.6) is 0 Å². The predicted molar refractivity (Wildman–Crippen MR) is 75.0 cm³/mol. The first-order valence-electron chi connectivity index (χ1n) is 7.09. The quantitative estimate of drug-likeness (QED) is 0.460. The summed E-state index contributed by atoms with van der Waals surface area (Å²) in [5.74, 6) is 0. The summed E-state index contributed by atoms with van der Waals surface area (Å²) in [4.78, 5) is 19.7. The summed E-state index contributed by atoms with van der Waals surface area (Å²) in [6, 6.07) is 0. The van der Waals surface area contributed by atoms with E-state index in [1.807, 2.05) is 0 Å². The van der Waals surface area contributed by atoms with Gasteiger partial charge in [0.15, 0.2) is 0 Å². The van der Waals surface area contributed by atoms with Gasteiger partial charge in [0.2, 0.25) is 0 Å². The molecule has 0 saturated heterocycles. The highest BCUT2D eigenvalue weighted by atomic mass is 16.4. The lowest BCUT2D eigenvalue weighted by Crippen LogP contribution is -2.21. The van der Waals surface area contributed by atoms with Gasteiger partial charge >= 0.3 is 6.09 Å². The SMILES string of the molecule is CCCCCCC=O.CCCCCCNC(=O)O. The van der Waals surface area contributed by atoms with Gasteiger partial charge in [-0.25, -0.2) is 4.79 Å². The number of amides is 1. The topological polar surface area (TPSA) is 66.4 Å². The van der Waals surface area contributed by atoms with Crippen molar-refractivity contribution in [2.75, 3.05) is 6.54 Å². The monoisotopic (exact) mass is 259 g/mol. The van der Waals surface area contributed by atoms with Crippen LogP contribution >= 0.6 is 0 Å². The molecule has 0 spiro atoms. The minimum atomic E-state index is -0.920. The summed E-state index contributed by atoms with van der Waals surface area (Å²) >= 11 is 0. The maximum atomic E-state index is 9.92. The molecule has 0 aliphatic carbocycles. The zero-order valence-corrected chi connectivity index (χ0v) is 11.9. The lowest BCUT2D eigenvalue weighted by Gasteiger charge is -1.98. The summed E-state index contributed by atoms with van der Waals surface area (Å²) in [6.07, 6.45) is 10.1. The molecule has 0 rings (SSSR count). The van der Waals surface area contributed by atoms with Gasteiger partial charge in [-0.2, -0.15) is 0 Å². The first-order chi connectivity index (χ1) is 8.68. The summed E-state index contributed by atoms with van der Waals surface area (Å²) in [5, 5.41) is 10.5. The molecule has 0 saturated carbocycles. The molecule has 108 valence electrons. The molecular weight excluding hydrogens is 230 g/mol. The van der Waals surface area contributed by atoms with Gasteiger partial charge in [0.25, 0.3) is 0 Å². The Morgan fingerprint density at radius 2 is 1.56 bits per heavy atom. The first-order valence-corrected chi connectivity index (χ1v) is 7.09. The van der Waals surface area contributed by atoms with Crippen LogP contribution in [0.4, 0.5) is 4.79 Å². The number of aldehydes is 1. The average molecular weight is 259 g/mol. The van der Waals surface area contributed by atoms with E-state index in [0.717, 1.165) is 32.0 Å². The lowest BCUT2D eigenvalue weighted by molar-refractivity contribution is -0.107. The van der Waals surface area contributed by atoms with E-state index in [2.05, 4.69) is 19.2 Å². The number of carbonyl (C=O) groups is 2. The Hall–Kier alpha value is -1.06. The number of carbonyl (C=O) groups excluding carboxylic acids is 1. The number of hydrogen-bond donors (Lipinski definition) is 2. The second kappa shape index (κ2) is 18.3. The van der Waals surface area contributed by atoms with Crippen LogP contribution < -0.4 is 5.32 Å². The average Bonchev–Trinajstić information content (AvgIpc) is 2.35. The van der Waals surface area contributed by atoms with Crippen molar-refractivity contribution in [3.05, 3.63) is 0 Å². The third-order valence-electron chi connectivity index (χ3n) is 2.48. The Kier molecular flexibility index (Phi) is 19.6. The molecule has 0 radical (unpaired) electrons. The van der Waals surface area contributed by atoms with E-state index < -0.39 is 6.09 Å². The highest BCUT2D eigenvalue weighted by Gasteiger charge is 1.91. The van der Waals surface area contributed by atoms with E-state index in [1.54, 1.807) is 0 Å². The standard InChI is InChI=1S/C7H15NO2.C7H14O/c1-2-3-4-5-6-8-7(9)10;1-2-3-4-5-6-7-8/h8H,2-6H2,1H3,(H,9,10);7H,2-6H2,1H3. The van der Waals surface area contributed by atoms with E-state index in [-0.39, 0.29) is 0 Å². The maximum Gasteiger partial charge on any atom is 0.404 e. The fraction of sp³-hybridized carbons (Fsp3) is 0.857. The van der Waals surface area contributed by atoms with Crippen LogP contribution in [-0.2, 0) is 4.79 Å². The van der Waals surface area contributed by atoms with Gasteiger partial charge in [0.1, 0.15) is 6.29 Å². The number of rotatable bonds is 10. The van der Waals surface area contributed by atoms with Crippen molar-refractivity contribution in [1.29, 1.82) is 0 Å². The third kappa shape index (κ3) is 24.3. The van der Waals surface area contributed by atoms with Crippen molar-refractivity contribution < 1.29 is 14.7 Å². The fourth-order valence-electron chi connectivity index (χ4n) is 1.40. The van der Waals surface area contributed by atoms with Crippen LogP contribution in [0.1, 0.15) is 71.6 Å². The molecule has 2 N–H and O–H groups in total. The van der Waals surface area contributed by atoms with Crippen LogP contribution in [0.2, 0.25) is 0 Å². The number of nitrogens with one attached hydrogen (secondary N) is 1. The van der Waals surface area contributed by atoms with Crippen molar-refractivity contribution in [1.82, 2.24) is 5.32 Å². The second-order valence-corrected chi connectivity index (χ2v) is 4.31. The third-order valence-corrected chi connectivity index (χ3v) is 2.48. The van der Waals surface area contributed by atoms with E-state index in [0.29, 0.717) is 6.54 Å². The van der Waals surface area contributed by atoms with Crippen LogP contribution in [0.25, 0.3) is 0 Å². The summed E-state index contributed by atoms with van der Waals surface area (Å²) in [5.41, 5.74) is 0. The normalized spacial score (nSPS) is 9.22. The zero-order valence-electron chi connectivity index (χ0n) is 11.9. The van der Waals surface area contributed by atoms with Gasteiger partial charge in [-0.3, -0.25) is 0 Å². The Labute approximate surface area is 111 Å². The fourth-order valence-corrected chi connectivity index (χ4v) is 1.40. The van der Waals surface area contributed by atoms with Crippen molar-refractivity contribution >= 4 is 12.4 Å². The highest BCUT2D eigenvalue weighted by molar-refractivity contribution is 5.64. The molecule has 4 heteroatoms. The maximum absolute atomic E-state index is 9.92. The summed E-state index contributed by atoms with van der Waals surface area (Å²) in [7, 11) is 0. The molecule has 18 heavy (non-hydrogen) atoms. The number of carboxylic acid groups (broad SMARTS) is 1. The van der Waals surface area contributed by atoms with Crippen molar-refractivity contribution in [3.8, 4) is 0 Å². The molecular formula is C14H29NO3. The van der Waals surface area contributed by atoms with Crippen LogP contribution in [-0.4, -0.2) is 24.0 Å². The Morgan fingerprint density at radius 1 is 1.00 bits per heavy atom. The molecule has 0 fully saturated rings. The molecule has 0 aromatic rings. The molecule has 0 atom stereocenters. The minimum absolute atomic E-state index is 0.593. The Bertz CT molecular complexity index is 184. The van der Waals surface area contributed by atoms with Gasteiger partial charge in [-0.15, -0.1) is 0 Å². The number of hydrogen-bond acceptors (Lipinski definition) is 2. The number of unbranched alkanes of at least 4 members (excludes halogenated alkanes) is 7. The highest BCUT2D eigenvalue weighted by Crippen LogP contribution is 1.99. The van der Waals surface area contributed by atoms with E-state index in [4.69, 9.17) is 5.11 Å². The summed E-state index contributed by atoms with van der Waals surface area (Å²) in [6.45, 7) is 4.89. The molecule has 0 heterocycles. The molecule has 0 aliphatic heterocycles. The minimum Gasteiger partial charge on any atom is -0.465 e. The van der Waals surface area contributed by atoms with Gasteiger partial charge in [0.05, 0.1) is 0 Å². The molecule has 0 aromatic heterocycles. The smallest absolute Gasteiger partial charge is 0.404 e. The lowest BCUT2D eigenvalue weighted by atomic mass is 10.2. The molecule has 0 aromatic carbocycles. The van der Waals surface area contributed by atoms with Crippen LogP contribution in [0.3, 0.4) is 0 Å². The second-order valence-electron chi connectivity index (χ2n) is 4.31. The van der Waals surface area contributed by atoms with Gasteiger partial charge < -0.3 is 15.2 Å². The van der Waals surface area contributed by atoms with E-state index >= 15 is 0 Å². The van der Waals surface area contributed by atoms with Gasteiger partial charge in [-0.05, 0) is 12.8 Å². The van der Waals surface area contributed by atoms with Crippen molar-refractivity contribution in [3.63, 3.8) is 0 Å². The first kappa shape index (κ1) is 19.3. The van der Waals surface area contributed by atoms with Crippen LogP contribution in [0, 0.1) is 0 Å². The van der Waals surface area contributed by atoms with E-state index in [1.165, 1.54) is 32.1 Å². The largest absolute Gasteiger partial charge is 0.465 e. The summed E-state index contributed by atoms with van der Waals surface area (Å²) < 4.78 is 0. The molecule has 0 aliphatic rings. The Balaban J connectivity index is 0. The van der Waals surface area contributed by atoms with E-state index in [9.17, 15) is 9.59 Å². The Morgan fingerprint density at radius 3 is 2.00 bits per heavy atom.